The summed E-state index contributed by atoms with van der Waals surface area (Å²) in [6, 6.07) is 5.93. The SMILES string of the molecule is CC1CN(Cc2ccc(N)c(Cl)c2)CCS1. The molecule has 0 aromatic heterocycles. The zero-order valence-corrected chi connectivity index (χ0v) is 11.0. The van der Waals surface area contributed by atoms with Crippen LogP contribution >= 0.6 is 23.4 Å². The fourth-order valence-electron chi connectivity index (χ4n) is 1.96. The van der Waals surface area contributed by atoms with E-state index in [9.17, 15) is 0 Å². The Bertz CT molecular complexity index is 370. The minimum atomic E-state index is 0.660. The molecule has 1 aromatic rings. The zero-order valence-electron chi connectivity index (χ0n) is 9.45. The van der Waals surface area contributed by atoms with E-state index in [1.165, 1.54) is 11.3 Å². The zero-order chi connectivity index (χ0) is 11.5. The van der Waals surface area contributed by atoms with Crippen molar-refractivity contribution in [1.29, 1.82) is 0 Å². The van der Waals surface area contributed by atoms with Crippen molar-refractivity contribution in [2.24, 2.45) is 0 Å². The van der Waals surface area contributed by atoms with Crippen molar-refractivity contribution >= 4 is 29.1 Å². The quantitative estimate of drug-likeness (QED) is 0.825. The number of halogens is 1. The van der Waals surface area contributed by atoms with E-state index in [0.29, 0.717) is 10.7 Å². The Kier molecular flexibility index (Phi) is 4.00. The largest absolute Gasteiger partial charge is 0.398 e. The van der Waals surface area contributed by atoms with Gasteiger partial charge in [-0.25, -0.2) is 0 Å². The number of rotatable bonds is 2. The molecule has 1 atom stereocenters. The molecule has 0 aliphatic carbocycles. The smallest absolute Gasteiger partial charge is 0.0638 e. The lowest BCUT2D eigenvalue weighted by Crippen LogP contribution is -2.35. The molecule has 1 unspecified atom stereocenters. The topological polar surface area (TPSA) is 29.3 Å². The molecule has 1 heterocycles. The maximum Gasteiger partial charge on any atom is 0.0638 e. The summed E-state index contributed by atoms with van der Waals surface area (Å²) in [6.45, 7) is 5.58. The summed E-state index contributed by atoms with van der Waals surface area (Å²) in [7, 11) is 0. The highest BCUT2D eigenvalue weighted by Crippen LogP contribution is 2.23. The van der Waals surface area contributed by atoms with Gasteiger partial charge in [-0.05, 0) is 17.7 Å². The first-order chi connectivity index (χ1) is 7.65. The second-order valence-electron chi connectivity index (χ2n) is 4.27. The van der Waals surface area contributed by atoms with Gasteiger partial charge in [0.1, 0.15) is 0 Å². The number of thioether (sulfide) groups is 1. The average molecular weight is 257 g/mol. The Morgan fingerprint density at radius 1 is 1.56 bits per heavy atom. The molecular formula is C12H17ClN2S. The Balaban J connectivity index is 2.00. The van der Waals surface area contributed by atoms with Gasteiger partial charge in [-0.2, -0.15) is 11.8 Å². The van der Waals surface area contributed by atoms with Crippen LogP contribution in [0, 0.1) is 0 Å². The van der Waals surface area contributed by atoms with Gasteiger partial charge in [0, 0.05) is 30.6 Å². The van der Waals surface area contributed by atoms with Gasteiger partial charge in [0.25, 0.3) is 0 Å². The number of nitrogen functional groups attached to an aromatic ring is 1. The van der Waals surface area contributed by atoms with Crippen molar-refractivity contribution in [3.63, 3.8) is 0 Å². The molecule has 2 nitrogen and oxygen atoms in total. The van der Waals surface area contributed by atoms with Crippen LogP contribution in [0.1, 0.15) is 12.5 Å². The normalized spacial score (nSPS) is 22.2. The summed E-state index contributed by atoms with van der Waals surface area (Å²) in [6.07, 6.45) is 0. The highest BCUT2D eigenvalue weighted by Gasteiger charge is 2.16. The van der Waals surface area contributed by atoms with Crippen LogP contribution in [0.25, 0.3) is 0 Å². The maximum atomic E-state index is 6.01. The minimum absolute atomic E-state index is 0.660. The lowest BCUT2D eigenvalue weighted by atomic mass is 10.2. The first kappa shape index (κ1) is 12.1. The third kappa shape index (κ3) is 3.06. The molecule has 2 rings (SSSR count). The number of benzene rings is 1. The van der Waals surface area contributed by atoms with Crippen LogP contribution in [0.5, 0.6) is 0 Å². The number of anilines is 1. The van der Waals surface area contributed by atoms with Crippen molar-refractivity contribution in [2.75, 3.05) is 24.6 Å². The first-order valence-corrected chi connectivity index (χ1v) is 6.95. The predicted octanol–water partition coefficient (Wildman–Crippen LogP) is 2.86. The average Bonchev–Trinajstić information content (AvgIpc) is 2.24. The minimum Gasteiger partial charge on any atom is -0.398 e. The summed E-state index contributed by atoms with van der Waals surface area (Å²) >= 11 is 8.06. The summed E-state index contributed by atoms with van der Waals surface area (Å²) in [4.78, 5) is 2.48. The van der Waals surface area contributed by atoms with Gasteiger partial charge in [-0.15, -0.1) is 0 Å². The van der Waals surface area contributed by atoms with Crippen LogP contribution in [-0.4, -0.2) is 29.0 Å². The molecule has 1 fully saturated rings. The fraction of sp³-hybridized carbons (Fsp3) is 0.500. The van der Waals surface area contributed by atoms with Crippen LogP contribution < -0.4 is 5.73 Å². The molecular weight excluding hydrogens is 240 g/mol. The monoisotopic (exact) mass is 256 g/mol. The predicted molar refractivity (Wildman–Crippen MR) is 73.1 cm³/mol. The summed E-state index contributed by atoms with van der Waals surface area (Å²) in [5, 5.41) is 1.40. The van der Waals surface area contributed by atoms with E-state index in [4.69, 9.17) is 17.3 Å². The van der Waals surface area contributed by atoms with E-state index in [1.807, 2.05) is 12.1 Å². The molecule has 2 N–H and O–H groups in total. The highest BCUT2D eigenvalue weighted by molar-refractivity contribution is 7.99. The second kappa shape index (κ2) is 5.30. The number of hydrogen-bond acceptors (Lipinski definition) is 3. The maximum absolute atomic E-state index is 6.01. The van der Waals surface area contributed by atoms with Gasteiger partial charge in [0.2, 0.25) is 0 Å². The van der Waals surface area contributed by atoms with Gasteiger partial charge in [-0.1, -0.05) is 24.6 Å². The van der Waals surface area contributed by atoms with E-state index in [2.05, 4.69) is 29.7 Å². The Morgan fingerprint density at radius 2 is 2.38 bits per heavy atom. The molecule has 16 heavy (non-hydrogen) atoms. The molecule has 0 bridgehead atoms. The number of nitrogens with zero attached hydrogens (tertiary/aromatic N) is 1. The van der Waals surface area contributed by atoms with Crippen LogP contribution in [-0.2, 0) is 6.54 Å². The fourth-order valence-corrected chi connectivity index (χ4v) is 3.25. The summed E-state index contributed by atoms with van der Waals surface area (Å²) in [5.74, 6) is 1.23. The second-order valence-corrected chi connectivity index (χ2v) is 6.23. The van der Waals surface area contributed by atoms with Gasteiger partial charge in [0.05, 0.1) is 10.7 Å². The van der Waals surface area contributed by atoms with Crippen LogP contribution in [0.3, 0.4) is 0 Å². The third-order valence-corrected chi connectivity index (χ3v) is 4.26. The van der Waals surface area contributed by atoms with E-state index < -0.39 is 0 Å². The highest BCUT2D eigenvalue weighted by atomic mass is 35.5. The molecule has 88 valence electrons. The number of hydrogen-bond donors (Lipinski definition) is 1. The van der Waals surface area contributed by atoms with Gasteiger partial charge < -0.3 is 5.73 Å². The standard InChI is InChI=1S/C12H17ClN2S/c1-9-7-15(4-5-16-9)8-10-2-3-12(14)11(13)6-10/h2-3,6,9H,4-5,7-8,14H2,1H3. The summed E-state index contributed by atoms with van der Waals surface area (Å²) < 4.78 is 0. The molecule has 1 aliphatic rings. The van der Waals surface area contributed by atoms with Gasteiger partial charge in [-0.3, -0.25) is 4.90 Å². The molecule has 1 aliphatic heterocycles. The number of nitrogens with two attached hydrogens (primary N) is 1. The first-order valence-electron chi connectivity index (χ1n) is 5.53. The van der Waals surface area contributed by atoms with E-state index >= 15 is 0 Å². The van der Waals surface area contributed by atoms with E-state index in [0.717, 1.165) is 24.9 Å². The van der Waals surface area contributed by atoms with Crippen LogP contribution in [0.2, 0.25) is 5.02 Å². The Hall–Kier alpha value is -0.380. The molecule has 0 amide bonds. The van der Waals surface area contributed by atoms with Crippen LogP contribution in [0.15, 0.2) is 18.2 Å². The van der Waals surface area contributed by atoms with E-state index in [-0.39, 0.29) is 0 Å². The molecule has 1 saturated heterocycles. The lowest BCUT2D eigenvalue weighted by Gasteiger charge is -2.30. The van der Waals surface area contributed by atoms with Crippen molar-refractivity contribution in [3.8, 4) is 0 Å². The molecule has 0 spiro atoms. The molecule has 1 aromatic carbocycles. The van der Waals surface area contributed by atoms with Crippen molar-refractivity contribution in [3.05, 3.63) is 28.8 Å². The molecule has 0 radical (unpaired) electrons. The van der Waals surface area contributed by atoms with Crippen molar-refractivity contribution in [2.45, 2.75) is 18.7 Å². The summed E-state index contributed by atoms with van der Waals surface area (Å²) in [5.41, 5.74) is 7.60. The van der Waals surface area contributed by atoms with Crippen LogP contribution in [0.4, 0.5) is 5.69 Å². The molecule has 4 heteroatoms. The van der Waals surface area contributed by atoms with Gasteiger partial charge in [0.15, 0.2) is 0 Å². The Morgan fingerprint density at radius 3 is 3.06 bits per heavy atom. The Labute approximate surface area is 106 Å². The van der Waals surface area contributed by atoms with Crippen molar-refractivity contribution in [1.82, 2.24) is 4.90 Å². The third-order valence-electron chi connectivity index (χ3n) is 2.80. The lowest BCUT2D eigenvalue weighted by molar-refractivity contribution is 0.278. The van der Waals surface area contributed by atoms with Crippen molar-refractivity contribution < 1.29 is 0 Å². The molecule has 0 saturated carbocycles. The van der Waals surface area contributed by atoms with Gasteiger partial charge >= 0.3 is 0 Å². The van der Waals surface area contributed by atoms with E-state index in [1.54, 1.807) is 0 Å².